The average molecular weight is 787 g/mol. The number of nitrogens with zero attached hydrogens (tertiary/aromatic N) is 4. The Labute approximate surface area is 320 Å². The molecule has 290 valence electrons. The number of alkyl halides is 2. The first-order valence-corrected chi connectivity index (χ1v) is 19.1. The van der Waals surface area contributed by atoms with Crippen molar-refractivity contribution in [3.05, 3.63) is 93.6 Å². The Kier molecular flexibility index (Phi) is 12.6. The summed E-state index contributed by atoms with van der Waals surface area (Å²) in [5, 5.41) is 0.283. The van der Waals surface area contributed by atoms with Gasteiger partial charge in [-0.3, -0.25) is 4.79 Å². The van der Waals surface area contributed by atoms with E-state index >= 15 is 0 Å². The van der Waals surface area contributed by atoms with Crippen LogP contribution in [-0.4, -0.2) is 78.1 Å². The van der Waals surface area contributed by atoms with Crippen LogP contribution in [0.1, 0.15) is 52.0 Å². The number of aryl methyl sites for hydroxylation is 1. The number of pyridine rings is 1. The van der Waals surface area contributed by atoms with Gasteiger partial charge in [-0.2, -0.15) is 4.31 Å². The van der Waals surface area contributed by atoms with Crippen molar-refractivity contribution in [2.75, 3.05) is 58.4 Å². The highest BCUT2D eigenvalue weighted by Gasteiger charge is 2.35. The molecule has 1 aliphatic rings. The van der Waals surface area contributed by atoms with E-state index < -0.39 is 21.9 Å². The number of ether oxygens (including phenoxy) is 4. The maximum atomic E-state index is 14.7. The maximum Gasteiger partial charge on any atom is 0.262 e. The quantitative estimate of drug-likeness (QED) is 0.135. The topological polar surface area (TPSA) is 111 Å². The number of benzene rings is 3. The minimum atomic E-state index is -4.28. The normalized spacial score (nSPS) is 14.4. The van der Waals surface area contributed by atoms with Crippen LogP contribution in [0.15, 0.2) is 65.6 Å². The highest BCUT2D eigenvalue weighted by molar-refractivity contribution is 7.89. The van der Waals surface area contributed by atoms with Crippen molar-refractivity contribution >= 4 is 39.0 Å². The first-order chi connectivity index (χ1) is 25.6. The molecule has 2 heterocycles. The summed E-state index contributed by atoms with van der Waals surface area (Å²) in [5.74, 6) is -1.13. The van der Waals surface area contributed by atoms with Gasteiger partial charge in [-0.05, 0) is 56.2 Å². The first-order valence-electron chi connectivity index (χ1n) is 17.2. The van der Waals surface area contributed by atoms with Crippen LogP contribution in [0.4, 0.5) is 20.3 Å². The highest BCUT2D eigenvalue weighted by atomic mass is 35.5. The zero-order valence-electron chi connectivity index (χ0n) is 31.4. The van der Waals surface area contributed by atoms with Gasteiger partial charge in [0.25, 0.3) is 5.91 Å². The Morgan fingerprint density at radius 2 is 1.46 bits per heavy atom. The zero-order valence-corrected chi connectivity index (χ0v) is 33.0. The number of halogens is 3. The van der Waals surface area contributed by atoms with Crippen molar-refractivity contribution in [1.29, 1.82) is 0 Å². The van der Waals surface area contributed by atoms with Gasteiger partial charge in [-0.25, -0.2) is 22.2 Å². The number of amides is 1. The molecule has 11 nitrogen and oxygen atoms in total. The molecule has 3 aromatic carbocycles. The van der Waals surface area contributed by atoms with E-state index in [1.54, 1.807) is 67.3 Å². The van der Waals surface area contributed by atoms with Crippen LogP contribution >= 0.6 is 11.6 Å². The highest BCUT2D eigenvalue weighted by Crippen LogP contribution is 2.37. The molecule has 0 spiro atoms. The summed E-state index contributed by atoms with van der Waals surface area (Å²) in [6.07, 6.45) is -0.410. The summed E-state index contributed by atoms with van der Waals surface area (Å²) >= 11 is 6.61. The van der Waals surface area contributed by atoms with Crippen molar-refractivity contribution in [3.8, 4) is 23.0 Å². The predicted octanol–water partition coefficient (Wildman–Crippen LogP) is 7.68. The second kappa shape index (κ2) is 16.8. The van der Waals surface area contributed by atoms with E-state index in [4.69, 9.17) is 30.5 Å². The Morgan fingerprint density at radius 3 is 2.02 bits per heavy atom. The summed E-state index contributed by atoms with van der Waals surface area (Å²) < 4.78 is 81.2. The molecule has 5 rings (SSSR count). The Bertz CT molecular complexity index is 2060. The monoisotopic (exact) mass is 786 g/mol. The maximum absolute atomic E-state index is 14.7. The Balaban J connectivity index is 1.55. The van der Waals surface area contributed by atoms with E-state index in [2.05, 4.69) is 4.98 Å². The van der Waals surface area contributed by atoms with Crippen molar-refractivity contribution in [2.45, 2.75) is 57.0 Å². The van der Waals surface area contributed by atoms with Crippen molar-refractivity contribution in [2.24, 2.45) is 0 Å². The number of hydrogen-bond acceptors (Lipinski definition) is 9. The summed E-state index contributed by atoms with van der Waals surface area (Å²) in [6, 6.07) is 16.3. The lowest BCUT2D eigenvalue weighted by Gasteiger charge is -2.28. The van der Waals surface area contributed by atoms with Gasteiger partial charge in [0.05, 0.1) is 49.6 Å². The molecule has 15 heteroatoms. The molecule has 0 saturated carbocycles. The van der Waals surface area contributed by atoms with Crippen LogP contribution < -0.4 is 28.7 Å². The number of rotatable bonds is 13. The summed E-state index contributed by atoms with van der Waals surface area (Å²) in [6.45, 7) is 3.50. The van der Waals surface area contributed by atoms with Crippen LogP contribution in [-0.2, 0) is 23.1 Å². The van der Waals surface area contributed by atoms with E-state index in [9.17, 15) is 22.0 Å². The number of carbonyl (C=O) groups is 1. The van der Waals surface area contributed by atoms with Gasteiger partial charge in [-0.15, -0.1) is 0 Å². The number of methoxy groups -OCH3 is 4. The lowest BCUT2D eigenvalue weighted by molar-refractivity contribution is -0.0102. The second-order valence-electron chi connectivity index (χ2n) is 13.0. The first kappa shape index (κ1) is 40.5. The van der Waals surface area contributed by atoms with Crippen molar-refractivity contribution in [1.82, 2.24) is 9.29 Å². The van der Waals surface area contributed by atoms with Crippen LogP contribution in [0.25, 0.3) is 0 Å². The molecule has 0 N–H and O–H groups in total. The Hall–Kier alpha value is -4.66. The van der Waals surface area contributed by atoms with Crippen LogP contribution in [0, 0.1) is 13.8 Å². The second-order valence-corrected chi connectivity index (χ2v) is 15.3. The number of anilines is 2. The SMILES string of the molecule is COc1ccc(CN(Cc2ccc(OC)cc2OC)S(=O)(=O)c2cccc(N(C)C(=O)c3c(N4CCCC(F)(F)CC4)nc(C)c(Cl)c3C)c2)c(OC)c1. The van der Waals surface area contributed by atoms with Gasteiger partial charge in [-0.1, -0.05) is 29.8 Å². The van der Waals surface area contributed by atoms with E-state index in [0.29, 0.717) is 45.4 Å². The number of hydrogen-bond donors (Lipinski definition) is 0. The molecule has 0 aliphatic carbocycles. The van der Waals surface area contributed by atoms with Gasteiger partial charge in [0, 0.05) is 75.0 Å². The van der Waals surface area contributed by atoms with E-state index in [0.717, 1.165) is 0 Å². The molecule has 0 radical (unpaired) electrons. The summed E-state index contributed by atoms with van der Waals surface area (Å²) in [5.41, 5.74) is 2.51. The summed E-state index contributed by atoms with van der Waals surface area (Å²) in [4.78, 5) is 21.9. The van der Waals surface area contributed by atoms with Crippen molar-refractivity contribution < 1.29 is 40.9 Å². The molecule has 1 amide bonds. The number of aromatic nitrogens is 1. The third-order valence-electron chi connectivity index (χ3n) is 9.58. The molecule has 1 aromatic heterocycles. The average Bonchev–Trinajstić information content (AvgIpc) is 3.35. The lowest BCUT2D eigenvalue weighted by atomic mass is 10.1. The molecule has 1 aliphatic heterocycles. The standard InChI is InChI=1S/C39H45ClF2N4O7S/c1-25-35(37(43-26(2)36(25)40)45-18-9-16-39(41,42)17-19-45)38(47)44(3)29-10-8-11-32(20-29)54(48,49)46(23-27-12-14-30(50-4)21-33(27)52-6)24-28-13-15-31(51-5)22-34(28)53-7/h8,10-15,20-22H,9,16-19,23-24H2,1-7H3. The fourth-order valence-corrected chi connectivity index (χ4v) is 8.00. The van der Waals surface area contributed by atoms with Crippen LogP contribution in [0.5, 0.6) is 23.0 Å². The lowest BCUT2D eigenvalue weighted by Crippen LogP contribution is -2.34. The van der Waals surface area contributed by atoms with Gasteiger partial charge in [0.2, 0.25) is 15.9 Å². The third kappa shape index (κ3) is 8.66. The van der Waals surface area contributed by atoms with Gasteiger partial charge in [0.1, 0.15) is 28.8 Å². The third-order valence-corrected chi connectivity index (χ3v) is 11.9. The van der Waals surface area contributed by atoms with Gasteiger partial charge >= 0.3 is 0 Å². The van der Waals surface area contributed by atoms with Gasteiger partial charge in [0.15, 0.2) is 0 Å². The van der Waals surface area contributed by atoms with Crippen LogP contribution in [0.3, 0.4) is 0 Å². The largest absolute Gasteiger partial charge is 0.497 e. The van der Waals surface area contributed by atoms with E-state index in [-0.39, 0.29) is 72.4 Å². The number of sulfonamides is 1. The minimum Gasteiger partial charge on any atom is -0.497 e. The molecule has 0 atom stereocenters. The fraction of sp³-hybridized carbons (Fsp3) is 0.385. The van der Waals surface area contributed by atoms with Crippen molar-refractivity contribution in [3.63, 3.8) is 0 Å². The molecule has 1 fully saturated rings. The molecular weight excluding hydrogens is 742 g/mol. The zero-order chi connectivity index (χ0) is 39.4. The number of carbonyl (C=O) groups excluding carboxylic acids is 1. The molecule has 4 aromatic rings. The van der Waals surface area contributed by atoms with E-state index in [1.165, 1.54) is 56.8 Å². The fourth-order valence-electron chi connectivity index (χ4n) is 6.43. The van der Waals surface area contributed by atoms with Crippen LogP contribution in [0.2, 0.25) is 5.02 Å². The summed E-state index contributed by atoms with van der Waals surface area (Å²) in [7, 11) is 3.28. The molecular formula is C39H45ClF2N4O7S. The Morgan fingerprint density at radius 1 is 0.870 bits per heavy atom. The molecule has 0 unspecified atom stereocenters. The van der Waals surface area contributed by atoms with E-state index in [1.807, 2.05) is 0 Å². The minimum absolute atomic E-state index is 0.00598. The molecule has 1 saturated heterocycles. The molecule has 54 heavy (non-hydrogen) atoms. The smallest absolute Gasteiger partial charge is 0.262 e. The predicted molar refractivity (Wildman–Crippen MR) is 204 cm³/mol. The molecule has 0 bridgehead atoms. The van der Waals surface area contributed by atoms with Gasteiger partial charge < -0.3 is 28.7 Å².